The summed E-state index contributed by atoms with van der Waals surface area (Å²) in [6.45, 7) is 2.85. The lowest BCUT2D eigenvalue weighted by Gasteiger charge is -2.18. The summed E-state index contributed by atoms with van der Waals surface area (Å²) in [5.74, 6) is -0.163. The van der Waals surface area contributed by atoms with E-state index in [0.29, 0.717) is 11.4 Å². The Kier molecular flexibility index (Phi) is 7.09. The standard InChI is InChI=1S/C23H24N2O2S/c1-2-3-6-15-24-22(26)14-13-17-9-11-18(12-10-17)16-21-23(27)25-19-7-4-5-8-20(19)28-21/h4-5,7-14,16H,2-3,6,15H2,1H3,(H,24,26)(H,25,27)/b14-13+,21-16?. The number of amides is 2. The van der Waals surface area contributed by atoms with Crippen LogP contribution in [0.2, 0.25) is 0 Å². The minimum absolute atomic E-state index is 0.0729. The van der Waals surface area contributed by atoms with Crippen molar-refractivity contribution in [2.75, 3.05) is 11.9 Å². The number of rotatable bonds is 7. The van der Waals surface area contributed by atoms with E-state index in [2.05, 4.69) is 17.6 Å². The van der Waals surface area contributed by atoms with Crippen molar-refractivity contribution in [3.8, 4) is 0 Å². The molecule has 144 valence electrons. The highest BCUT2D eigenvalue weighted by atomic mass is 32.2. The average Bonchev–Trinajstić information content (AvgIpc) is 2.71. The van der Waals surface area contributed by atoms with Gasteiger partial charge in [-0.25, -0.2) is 0 Å². The summed E-state index contributed by atoms with van der Waals surface area (Å²) in [6.07, 6.45) is 8.51. The van der Waals surface area contributed by atoms with Crippen molar-refractivity contribution in [2.45, 2.75) is 31.1 Å². The van der Waals surface area contributed by atoms with Crippen LogP contribution in [0.15, 0.2) is 64.4 Å². The molecule has 2 aromatic carbocycles. The van der Waals surface area contributed by atoms with Crippen molar-refractivity contribution < 1.29 is 9.59 Å². The molecule has 1 aliphatic heterocycles. The number of nitrogens with one attached hydrogen (secondary N) is 2. The molecule has 2 aromatic rings. The number of benzene rings is 2. The first-order valence-corrected chi connectivity index (χ1v) is 10.3. The molecule has 0 fully saturated rings. The normalized spacial score (nSPS) is 14.8. The first-order valence-electron chi connectivity index (χ1n) is 9.51. The van der Waals surface area contributed by atoms with Crippen LogP contribution in [0.4, 0.5) is 5.69 Å². The van der Waals surface area contributed by atoms with E-state index in [-0.39, 0.29) is 11.8 Å². The molecule has 0 aromatic heterocycles. The molecule has 1 heterocycles. The van der Waals surface area contributed by atoms with Gasteiger partial charge in [0.05, 0.1) is 10.6 Å². The van der Waals surface area contributed by atoms with Crippen LogP contribution in [0.25, 0.3) is 12.2 Å². The van der Waals surface area contributed by atoms with Crippen LogP contribution in [0.3, 0.4) is 0 Å². The average molecular weight is 393 g/mol. The Hall–Kier alpha value is -2.79. The van der Waals surface area contributed by atoms with E-state index in [1.807, 2.05) is 54.6 Å². The number of hydrogen-bond donors (Lipinski definition) is 2. The molecule has 0 spiro atoms. The molecule has 0 saturated heterocycles. The summed E-state index contributed by atoms with van der Waals surface area (Å²) < 4.78 is 0. The number of fused-ring (bicyclic) bond motifs is 1. The topological polar surface area (TPSA) is 58.2 Å². The van der Waals surface area contributed by atoms with E-state index in [1.165, 1.54) is 11.8 Å². The van der Waals surface area contributed by atoms with Crippen molar-refractivity contribution in [3.05, 3.63) is 70.6 Å². The highest BCUT2D eigenvalue weighted by molar-refractivity contribution is 8.04. The molecule has 0 radical (unpaired) electrons. The van der Waals surface area contributed by atoms with Gasteiger partial charge >= 0.3 is 0 Å². The van der Waals surface area contributed by atoms with E-state index in [1.54, 1.807) is 12.2 Å². The Morgan fingerprint density at radius 2 is 1.82 bits per heavy atom. The van der Waals surface area contributed by atoms with Crippen LogP contribution in [0.5, 0.6) is 0 Å². The fraction of sp³-hybridized carbons (Fsp3) is 0.217. The van der Waals surface area contributed by atoms with E-state index in [4.69, 9.17) is 0 Å². The maximum atomic E-state index is 12.3. The summed E-state index contributed by atoms with van der Waals surface area (Å²) in [4.78, 5) is 25.8. The van der Waals surface area contributed by atoms with Gasteiger partial charge in [0, 0.05) is 17.5 Å². The van der Waals surface area contributed by atoms with Crippen molar-refractivity contribution in [1.29, 1.82) is 0 Å². The number of anilines is 1. The van der Waals surface area contributed by atoms with Gasteiger partial charge < -0.3 is 10.6 Å². The lowest BCUT2D eigenvalue weighted by Crippen LogP contribution is -2.21. The van der Waals surface area contributed by atoms with Crippen molar-refractivity contribution >= 4 is 41.4 Å². The summed E-state index contributed by atoms with van der Waals surface area (Å²) in [5.41, 5.74) is 2.73. The zero-order valence-electron chi connectivity index (χ0n) is 15.9. The fourth-order valence-electron chi connectivity index (χ4n) is 2.77. The smallest absolute Gasteiger partial charge is 0.262 e. The van der Waals surface area contributed by atoms with Crippen molar-refractivity contribution in [3.63, 3.8) is 0 Å². The predicted octanol–water partition coefficient (Wildman–Crippen LogP) is 5.09. The number of carbonyl (C=O) groups excluding carboxylic acids is 2. The minimum atomic E-state index is -0.0904. The second-order valence-corrected chi connectivity index (χ2v) is 7.64. The van der Waals surface area contributed by atoms with Gasteiger partial charge in [-0.05, 0) is 41.8 Å². The summed E-state index contributed by atoms with van der Waals surface area (Å²) in [6, 6.07) is 15.5. The number of unbranched alkanes of at least 4 members (excludes halogenated alkanes) is 2. The maximum Gasteiger partial charge on any atom is 0.262 e. The minimum Gasteiger partial charge on any atom is -0.353 e. The molecule has 2 amide bonds. The van der Waals surface area contributed by atoms with E-state index >= 15 is 0 Å². The second-order valence-electron chi connectivity index (χ2n) is 6.56. The zero-order chi connectivity index (χ0) is 19.8. The zero-order valence-corrected chi connectivity index (χ0v) is 16.7. The van der Waals surface area contributed by atoms with Crippen LogP contribution in [-0.2, 0) is 9.59 Å². The fourth-order valence-corrected chi connectivity index (χ4v) is 3.73. The molecule has 3 rings (SSSR count). The summed E-state index contributed by atoms with van der Waals surface area (Å²) in [5, 5.41) is 5.80. The monoisotopic (exact) mass is 392 g/mol. The van der Waals surface area contributed by atoms with Crippen LogP contribution < -0.4 is 10.6 Å². The highest BCUT2D eigenvalue weighted by Gasteiger charge is 2.20. The van der Waals surface area contributed by atoms with Gasteiger partial charge in [0.15, 0.2) is 0 Å². The van der Waals surface area contributed by atoms with Gasteiger partial charge in [-0.15, -0.1) is 0 Å². The van der Waals surface area contributed by atoms with Crippen LogP contribution in [0.1, 0.15) is 37.3 Å². The molecule has 2 N–H and O–H groups in total. The Bertz CT molecular complexity index is 901. The summed E-state index contributed by atoms with van der Waals surface area (Å²) in [7, 11) is 0. The van der Waals surface area contributed by atoms with E-state index in [0.717, 1.165) is 41.0 Å². The van der Waals surface area contributed by atoms with Crippen LogP contribution >= 0.6 is 11.8 Å². The molecule has 0 saturated carbocycles. The van der Waals surface area contributed by atoms with Crippen LogP contribution in [-0.4, -0.2) is 18.4 Å². The Morgan fingerprint density at radius 1 is 1.07 bits per heavy atom. The summed E-state index contributed by atoms with van der Waals surface area (Å²) >= 11 is 1.47. The molecule has 0 unspecified atom stereocenters. The molecular weight excluding hydrogens is 368 g/mol. The third-order valence-corrected chi connectivity index (χ3v) is 5.42. The molecule has 1 aliphatic rings. The van der Waals surface area contributed by atoms with Gasteiger partial charge in [0.1, 0.15) is 0 Å². The lowest BCUT2D eigenvalue weighted by molar-refractivity contribution is -0.116. The SMILES string of the molecule is CCCCCNC(=O)/C=C/c1ccc(C=C2Sc3ccccc3NC2=O)cc1. The van der Waals surface area contributed by atoms with Crippen molar-refractivity contribution in [1.82, 2.24) is 5.32 Å². The highest BCUT2D eigenvalue weighted by Crippen LogP contribution is 2.38. The van der Waals surface area contributed by atoms with Gasteiger partial charge in [-0.3, -0.25) is 9.59 Å². The Morgan fingerprint density at radius 3 is 2.61 bits per heavy atom. The third-order valence-electron chi connectivity index (χ3n) is 4.32. The molecule has 0 bridgehead atoms. The van der Waals surface area contributed by atoms with E-state index in [9.17, 15) is 9.59 Å². The van der Waals surface area contributed by atoms with Gasteiger partial charge in [0.25, 0.3) is 5.91 Å². The predicted molar refractivity (Wildman–Crippen MR) is 117 cm³/mol. The van der Waals surface area contributed by atoms with Gasteiger partial charge in [-0.1, -0.05) is 67.9 Å². The van der Waals surface area contributed by atoms with Crippen LogP contribution in [0, 0.1) is 0 Å². The third kappa shape index (κ3) is 5.60. The van der Waals surface area contributed by atoms with E-state index < -0.39 is 0 Å². The second kappa shape index (κ2) is 9.95. The molecule has 28 heavy (non-hydrogen) atoms. The number of para-hydroxylation sites is 1. The first-order chi connectivity index (χ1) is 13.7. The molecule has 0 aliphatic carbocycles. The number of hydrogen-bond acceptors (Lipinski definition) is 3. The molecule has 0 atom stereocenters. The number of carbonyl (C=O) groups is 2. The molecule has 5 heteroatoms. The maximum absolute atomic E-state index is 12.3. The Labute approximate surface area is 170 Å². The molecular formula is C23H24N2O2S. The quantitative estimate of drug-likeness (QED) is 0.510. The largest absolute Gasteiger partial charge is 0.353 e. The van der Waals surface area contributed by atoms with Crippen molar-refractivity contribution in [2.24, 2.45) is 0 Å². The number of thioether (sulfide) groups is 1. The lowest BCUT2D eigenvalue weighted by atomic mass is 10.1. The Balaban J connectivity index is 1.60. The molecule has 4 nitrogen and oxygen atoms in total. The van der Waals surface area contributed by atoms with Gasteiger partial charge in [-0.2, -0.15) is 0 Å². The first kappa shape index (κ1) is 20.0. The van der Waals surface area contributed by atoms with Gasteiger partial charge in [0.2, 0.25) is 5.91 Å².